The largest absolute Gasteiger partial charge is 0.481 e. The summed E-state index contributed by atoms with van der Waals surface area (Å²) in [6, 6.07) is -0.269. The molecule has 0 atom stereocenters. The molecule has 0 spiro atoms. The number of carbonyl (C=O) groups excluding carboxylic acids is 1. The van der Waals surface area contributed by atoms with Gasteiger partial charge in [-0.1, -0.05) is 0 Å². The number of urea groups is 1. The van der Waals surface area contributed by atoms with Crippen molar-refractivity contribution in [3.63, 3.8) is 0 Å². The number of carboxylic acid groups (broad SMARTS) is 1. The van der Waals surface area contributed by atoms with Crippen molar-refractivity contribution in [1.82, 2.24) is 20.4 Å². The van der Waals surface area contributed by atoms with Gasteiger partial charge in [0.05, 0.1) is 12.6 Å². The number of aromatic nitrogens is 2. The smallest absolute Gasteiger partial charge is 0.317 e. The lowest BCUT2D eigenvalue weighted by Crippen LogP contribution is -2.40. The summed E-state index contributed by atoms with van der Waals surface area (Å²) in [4.78, 5) is 23.5. The highest BCUT2D eigenvalue weighted by Crippen LogP contribution is 1.96. The van der Waals surface area contributed by atoms with Crippen molar-refractivity contribution in [1.29, 1.82) is 0 Å². The Morgan fingerprint density at radius 3 is 2.88 bits per heavy atom. The molecule has 3 N–H and O–H groups in total. The van der Waals surface area contributed by atoms with Crippen LogP contribution < -0.4 is 5.32 Å². The molecule has 7 nitrogen and oxygen atoms in total. The van der Waals surface area contributed by atoms with Crippen molar-refractivity contribution < 1.29 is 14.7 Å². The summed E-state index contributed by atoms with van der Waals surface area (Å²) in [5, 5.41) is 17.6. The van der Waals surface area contributed by atoms with E-state index in [9.17, 15) is 9.59 Å². The Balaban J connectivity index is 2.35. The summed E-state index contributed by atoms with van der Waals surface area (Å²) in [6.45, 7) is 2.87. The molecule has 17 heavy (non-hydrogen) atoms. The molecule has 0 radical (unpaired) electrons. The number of nitrogens with zero attached hydrogens (tertiary/aromatic N) is 2. The van der Waals surface area contributed by atoms with Crippen molar-refractivity contribution in [2.45, 2.75) is 19.9 Å². The molecule has 0 saturated heterocycles. The number of carboxylic acids is 1. The summed E-state index contributed by atoms with van der Waals surface area (Å²) in [5.41, 5.74) is 0.868. The van der Waals surface area contributed by atoms with E-state index in [4.69, 9.17) is 5.11 Å². The van der Waals surface area contributed by atoms with Gasteiger partial charge in [-0.2, -0.15) is 5.10 Å². The molecule has 0 aliphatic heterocycles. The van der Waals surface area contributed by atoms with Gasteiger partial charge in [0.2, 0.25) is 0 Å². The van der Waals surface area contributed by atoms with Crippen LogP contribution in [0.15, 0.2) is 12.4 Å². The SMILES string of the molecule is CCN(CCC(=O)O)C(=O)NCc1cn[nH]c1. The second kappa shape index (κ2) is 6.51. The summed E-state index contributed by atoms with van der Waals surface area (Å²) in [6.07, 6.45) is 3.26. The van der Waals surface area contributed by atoms with Gasteiger partial charge in [0.25, 0.3) is 0 Å². The van der Waals surface area contributed by atoms with Crippen LogP contribution in [0.3, 0.4) is 0 Å². The molecule has 1 heterocycles. The van der Waals surface area contributed by atoms with Crippen LogP contribution in [0.5, 0.6) is 0 Å². The summed E-state index contributed by atoms with van der Waals surface area (Å²) in [5.74, 6) is -0.911. The van der Waals surface area contributed by atoms with Crippen LogP contribution in [0.2, 0.25) is 0 Å². The number of carbonyl (C=O) groups is 2. The molecule has 0 aliphatic rings. The molecule has 2 amide bonds. The van der Waals surface area contributed by atoms with E-state index in [2.05, 4.69) is 15.5 Å². The second-order valence-corrected chi connectivity index (χ2v) is 3.49. The molecular weight excluding hydrogens is 224 g/mol. The topological polar surface area (TPSA) is 98.3 Å². The van der Waals surface area contributed by atoms with E-state index < -0.39 is 5.97 Å². The van der Waals surface area contributed by atoms with Gasteiger partial charge in [0.15, 0.2) is 0 Å². The molecule has 94 valence electrons. The first kappa shape index (κ1) is 13.0. The third kappa shape index (κ3) is 4.54. The normalized spacial score (nSPS) is 9.94. The van der Waals surface area contributed by atoms with Crippen LogP contribution >= 0.6 is 0 Å². The highest BCUT2D eigenvalue weighted by Gasteiger charge is 2.12. The Hall–Kier alpha value is -2.05. The predicted octanol–water partition coefficient (Wildman–Crippen LogP) is 0.416. The molecular formula is C10H16N4O3. The third-order valence-electron chi connectivity index (χ3n) is 2.26. The van der Waals surface area contributed by atoms with Crippen LogP contribution in [-0.2, 0) is 11.3 Å². The molecule has 1 aromatic heterocycles. The molecule has 0 aliphatic carbocycles. The maximum absolute atomic E-state index is 11.7. The monoisotopic (exact) mass is 240 g/mol. The van der Waals surface area contributed by atoms with Gasteiger partial charge in [-0.05, 0) is 6.92 Å². The standard InChI is InChI=1S/C10H16N4O3/c1-2-14(4-3-9(15)16)10(17)11-5-8-6-12-13-7-8/h6-7H,2-5H2,1H3,(H,11,17)(H,12,13)(H,15,16). The molecule has 0 unspecified atom stereocenters. The Bertz CT molecular complexity index is 364. The average molecular weight is 240 g/mol. The zero-order chi connectivity index (χ0) is 12.7. The van der Waals surface area contributed by atoms with E-state index in [1.54, 1.807) is 19.3 Å². The van der Waals surface area contributed by atoms with Crippen molar-refractivity contribution in [3.05, 3.63) is 18.0 Å². The summed E-state index contributed by atoms with van der Waals surface area (Å²) >= 11 is 0. The van der Waals surface area contributed by atoms with E-state index in [1.165, 1.54) is 4.90 Å². The number of aromatic amines is 1. The molecule has 1 rings (SSSR count). The maximum atomic E-state index is 11.7. The van der Waals surface area contributed by atoms with Crippen molar-refractivity contribution in [2.24, 2.45) is 0 Å². The van der Waals surface area contributed by atoms with Gasteiger partial charge in [-0.3, -0.25) is 9.89 Å². The average Bonchev–Trinajstić information content (AvgIpc) is 2.79. The van der Waals surface area contributed by atoms with Gasteiger partial charge in [-0.25, -0.2) is 4.79 Å². The Morgan fingerprint density at radius 2 is 2.35 bits per heavy atom. The number of aliphatic carboxylic acids is 1. The third-order valence-corrected chi connectivity index (χ3v) is 2.26. The van der Waals surface area contributed by atoms with E-state index in [-0.39, 0.29) is 19.0 Å². The second-order valence-electron chi connectivity index (χ2n) is 3.49. The number of H-pyrrole nitrogens is 1. The minimum Gasteiger partial charge on any atom is -0.481 e. The van der Waals surface area contributed by atoms with Crippen LogP contribution in [0.25, 0.3) is 0 Å². The Labute approximate surface area is 98.8 Å². The van der Waals surface area contributed by atoms with Gasteiger partial charge >= 0.3 is 12.0 Å². The summed E-state index contributed by atoms with van der Waals surface area (Å²) in [7, 11) is 0. The van der Waals surface area contributed by atoms with E-state index >= 15 is 0 Å². The van der Waals surface area contributed by atoms with Gasteiger partial charge in [-0.15, -0.1) is 0 Å². The predicted molar refractivity (Wildman–Crippen MR) is 60.3 cm³/mol. The quantitative estimate of drug-likeness (QED) is 0.671. The molecule has 0 aromatic carbocycles. The lowest BCUT2D eigenvalue weighted by Gasteiger charge is -2.20. The minimum atomic E-state index is -0.911. The maximum Gasteiger partial charge on any atom is 0.317 e. The molecule has 1 aromatic rings. The van der Waals surface area contributed by atoms with Crippen LogP contribution in [-0.4, -0.2) is 45.3 Å². The fraction of sp³-hybridized carbons (Fsp3) is 0.500. The highest BCUT2D eigenvalue weighted by molar-refractivity contribution is 5.75. The number of rotatable bonds is 6. The zero-order valence-corrected chi connectivity index (χ0v) is 9.64. The van der Waals surface area contributed by atoms with Crippen LogP contribution in [0, 0.1) is 0 Å². The van der Waals surface area contributed by atoms with Gasteiger partial charge in [0, 0.05) is 31.4 Å². The molecule has 7 heteroatoms. The Kier molecular flexibility index (Phi) is 4.99. The number of nitrogens with one attached hydrogen (secondary N) is 2. The van der Waals surface area contributed by atoms with E-state index in [0.717, 1.165) is 5.56 Å². The molecule has 0 bridgehead atoms. The zero-order valence-electron chi connectivity index (χ0n) is 9.64. The number of amides is 2. The Morgan fingerprint density at radius 1 is 1.59 bits per heavy atom. The van der Waals surface area contributed by atoms with Crippen molar-refractivity contribution in [3.8, 4) is 0 Å². The first-order valence-corrected chi connectivity index (χ1v) is 5.35. The van der Waals surface area contributed by atoms with Gasteiger partial charge in [0.1, 0.15) is 0 Å². The first-order chi connectivity index (χ1) is 8.13. The minimum absolute atomic E-state index is 0.0486. The number of hydrogen-bond donors (Lipinski definition) is 3. The fourth-order valence-corrected chi connectivity index (χ4v) is 1.30. The molecule has 0 saturated carbocycles. The van der Waals surface area contributed by atoms with Crippen molar-refractivity contribution >= 4 is 12.0 Å². The first-order valence-electron chi connectivity index (χ1n) is 5.35. The lowest BCUT2D eigenvalue weighted by molar-refractivity contribution is -0.137. The van der Waals surface area contributed by atoms with E-state index in [1.807, 2.05) is 0 Å². The van der Waals surface area contributed by atoms with Crippen LogP contribution in [0.4, 0.5) is 4.79 Å². The van der Waals surface area contributed by atoms with Crippen molar-refractivity contribution in [2.75, 3.05) is 13.1 Å². The lowest BCUT2D eigenvalue weighted by atomic mass is 10.3. The summed E-state index contributed by atoms with van der Waals surface area (Å²) < 4.78 is 0. The highest BCUT2D eigenvalue weighted by atomic mass is 16.4. The molecule has 0 fully saturated rings. The number of hydrogen-bond acceptors (Lipinski definition) is 3. The fourth-order valence-electron chi connectivity index (χ4n) is 1.30. The van der Waals surface area contributed by atoms with Gasteiger partial charge < -0.3 is 15.3 Å². The van der Waals surface area contributed by atoms with Crippen LogP contribution in [0.1, 0.15) is 18.9 Å². The van der Waals surface area contributed by atoms with E-state index in [0.29, 0.717) is 13.1 Å².